The van der Waals surface area contributed by atoms with Crippen molar-refractivity contribution in [1.29, 1.82) is 0 Å². The molecule has 4 nitrogen and oxygen atoms in total. The van der Waals surface area contributed by atoms with E-state index in [4.69, 9.17) is 4.74 Å². The largest absolute Gasteiger partial charge is 0.508 e. The number of phenols is 1. The number of hydrogen-bond acceptors (Lipinski definition) is 3. The number of alkyl carbamates (subject to hydrolysis) is 1. The zero-order chi connectivity index (χ0) is 18.9. The van der Waals surface area contributed by atoms with Gasteiger partial charge < -0.3 is 15.2 Å². The second-order valence-electron chi connectivity index (χ2n) is 6.36. The molecular weight excluding hydrogens is 338 g/mol. The highest BCUT2D eigenvalue weighted by Crippen LogP contribution is 2.19. The van der Waals surface area contributed by atoms with E-state index in [-0.39, 0.29) is 6.61 Å². The summed E-state index contributed by atoms with van der Waals surface area (Å²) in [5.41, 5.74) is 4.15. The molecule has 0 saturated carbocycles. The topological polar surface area (TPSA) is 58.6 Å². The maximum Gasteiger partial charge on any atom is 0.407 e. The second-order valence-corrected chi connectivity index (χ2v) is 6.36. The Morgan fingerprint density at radius 1 is 0.815 bits per heavy atom. The van der Waals surface area contributed by atoms with Crippen molar-refractivity contribution in [3.8, 4) is 5.75 Å². The van der Waals surface area contributed by atoms with E-state index in [2.05, 4.69) is 17.4 Å². The molecule has 1 amide bonds. The smallest absolute Gasteiger partial charge is 0.407 e. The zero-order valence-electron chi connectivity index (χ0n) is 15.1. The number of ether oxygens (including phenoxy) is 1. The monoisotopic (exact) mass is 361 g/mol. The van der Waals surface area contributed by atoms with Crippen molar-refractivity contribution < 1.29 is 14.6 Å². The van der Waals surface area contributed by atoms with Gasteiger partial charge in [0.25, 0.3) is 0 Å². The Labute approximate surface area is 159 Å². The van der Waals surface area contributed by atoms with Crippen molar-refractivity contribution in [3.63, 3.8) is 0 Å². The lowest BCUT2D eigenvalue weighted by Crippen LogP contribution is -2.26. The van der Waals surface area contributed by atoms with Gasteiger partial charge in [-0.3, -0.25) is 0 Å². The maximum atomic E-state index is 11.7. The van der Waals surface area contributed by atoms with E-state index in [0.717, 1.165) is 28.7 Å². The molecule has 0 aromatic heterocycles. The molecule has 3 aromatic carbocycles. The molecule has 0 unspecified atom stereocenters. The minimum atomic E-state index is -0.407. The SMILES string of the molecule is O=C(NCCc1ccc(Cc2ccccc2O)cc1)OCc1ccccc1. The number of amides is 1. The summed E-state index contributed by atoms with van der Waals surface area (Å²) in [6.07, 6.45) is 1.02. The summed E-state index contributed by atoms with van der Waals surface area (Å²) in [7, 11) is 0. The average Bonchev–Trinajstić information content (AvgIpc) is 2.70. The third-order valence-electron chi connectivity index (χ3n) is 4.30. The van der Waals surface area contributed by atoms with E-state index in [1.165, 1.54) is 0 Å². The summed E-state index contributed by atoms with van der Waals surface area (Å²) < 4.78 is 5.19. The second kappa shape index (κ2) is 9.43. The Bertz CT molecular complexity index is 860. The summed E-state index contributed by atoms with van der Waals surface area (Å²) in [4.78, 5) is 11.7. The Kier molecular flexibility index (Phi) is 6.47. The van der Waals surface area contributed by atoms with Crippen LogP contribution in [0.3, 0.4) is 0 Å². The summed E-state index contributed by atoms with van der Waals surface area (Å²) in [5.74, 6) is 0.319. The number of benzene rings is 3. The fourth-order valence-electron chi connectivity index (χ4n) is 2.79. The van der Waals surface area contributed by atoms with Gasteiger partial charge in [-0.05, 0) is 34.7 Å². The number of carbonyl (C=O) groups excluding carboxylic acids is 1. The normalized spacial score (nSPS) is 10.4. The molecule has 0 aliphatic carbocycles. The molecule has 3 aromatic rings. The minimum Gasteiger partial charge on any atom is -0.508 e. The fraction of sp³-hybridized carbons (Fsp3) is 0.174. The summed E-state index contributed by atoms with van der Waals surface area (Å²) in [6, 6.07) is 25.2. The molecule has 0 saturated heterocycles. The lowest BCUT2D eigenvalue weighted by Gasteiger charge is -2.08. The van der Waals surface area contributed by atoms with Crippen LogP contribution in [-0.2, 0) is 24.2 Å². The molecule has 0 atom stereocenters. The number of para-hydroxylation sites is 1. The van der Waals surface area contributed by atoms with Gasteiger partial charge in [-0.2, -0.15) is 0 Å². The van der Waals surface area contributed by atoms with E-state index in [0.29, 0.717) is 18.7 Å². The van der Waals surface area contributed by atoms with Crippen LogP contribution in [0.4, 0.5) is 4.79 Å². The molecule has 0 radical (unpaired) electrons. The first-order valence-electron chi connectivity index (χ1n) is 9.00. The summed E-state index contributed by atoms with van der Waals surface area (Å²) in [6.45, 7) is 0.792. The first kappa shape index (κ1) is 18.5. The van der Waals surface area contributed by atoms with Crippen LogP contribution in [0.2, 0.25) is 0 Å². The number of carbonyl (C=O) groups is 1. The fourth-order valence-corrected chi connectivity index (χ4v) is 2.79. The van der Waals surface area contributed by atoms with Crippen molar-refractivity contribution in [2.24, 2.45) is 0 Å². The lowest BCUT2D eigenvalue weighted by atomic mass is 10.0. The molecule has 0 spiro atoms. The highest BCUT2D eigenvalue weighted by Gasteiger charge is 2.04. The third-order valence-corrected chi connectivity index (χ3v) is 4.30. The van der Waals surface area contributed by atoms with Crippen LogP contribution in [0.1, 0.15) is 22.3 Å². The molecule has 0 bridgehead atoms. The highest BCUT2D eigenvalue weighted by atomic mass is 16.5. The molecule has 3 rings (SSSR count). The van der Waals surface area contributed by atoms with Gasteiger partial charge >= 0.3 is 6.09 Å². The van der Waals surface area contributed by atoms with Gasteiger partial charge in [0.1, 0.15) is 12.4 Å². The molecule has 0 fully saturated rings. The molecule has 0 heterocycles. The Morgan fingerprint density at radius 3 is 2.22 bits per heavy atom. The van der Waals surface area contributed by atoms with Crippen molar-refractivity contribution in [2.45, 2.75) is 19.4 Å². The number of hydrogen-bond donors (Lipinski definition) is 2. The van der Waals surface area contributed by atoms with Crippen LogP contribution in [-0.4, -0.2) is 17.7 Å². The quantitative estimate of drug-likeness (QED) is 0.653. The molecular formula is C23H23NO3. The van der Waals surface area contributed by atoms with Gasteiger partial charge in [0, 0.05) is 13.0 Å². The van der Waals surface area contributed by atoms with E-state index >= 15 is 0 Å². The van der Waals surface area contributed by atoms with Gasteiger partial charge in [-0.25, -0.2) is 4.79 Å². The highest BCUT2D eigenvalue weighted by molar-refractivity contribution is 5.67. The van der Waals surface area contributed by atoms with Crippen LogP contribution in [0.5, 0.6) is 5.75 Å². The number of phenolic OH excluding ortho intramolecular Hbond substituents is 1. The Hall–Kier alpha value is -3.27. The van der Waals surface area contributed by atoms with E-state index < -0.39 is 6.09 Å². The van der Waals surface area contributed by atoms with Crippen LogP contribution in [0, 0.1) is 0 Å². The third kappa shape index (κ3) is 5.89. The van der Waals surface area contributed by atoms with E-state index in [1.54, 1.807) is 6.07 Å². The van der Waals surface area contributed by atoms with E-state index in [1.807, 2.05) is 60.7 Å². The molecule has 0 aliphatic rings. The number of rotatable bonds is 7. The van der Waals surface area contributed by atoms with Crippen molar-refractivity contribution in [1.82, 2.24) is 5.32 Å². The summed E-state index contributed by atoms with van der Waals surface area (Å²) in [5, 5.41) is 12.6. The van der Waals surface area contributed by atoms with Crippen molar-refractivity contribution >= 4 is 6.09 Å². The minimum absolute atomic E-state index is 0.272. The molecule has 2 N–H and O–H groups in total. The number of nitrogens with one attached hydrogen (secondary N) is 1. The molecule has 27 heavy (non-hydrogen) atoms. The maximum absolute atomic E-state index is 11.7. The number of aromatic hydroxyl groups is 1. The van der Waals surface area contributed by atoms with Gasteiger partial charge in [0.15, 0.2) is 0 Å². The zero-order valence-corrected chi connectivity index (χ0v) is 15.1. The van der Waals surface area contributed by atoms with Crippen LogP contribution in [0.25, 0.3) is 0 Å². The Balaban J connectivity index is 1.41. The van der Waals surface area contributed by atoms with Gasteiger partial charge in [-0.1, -0.05) is 72.8 Å². The first-order chi connectivity index (χ1) is 13.2. The first-order valence-corrected chi connectivity index (χ1v) is 9.00. The Morgan fingerprint density at radius 2 is 1.48 bits per heavy atom. The van der Waals surface area contributed by atoms with Gasteiger partial charge in [-0.15, -0.1) is 0 Å². The average molecular weight is 361 g/mol. The molecule has 138 valence electrons. The van der Waals surface area contributed by atoms with Crippen LogP contribution < -0.4 is 5.32 Å². The van der Waals surface area contributed by atoms with Gasteiger partial charge in [0.05, 0.1) is 0 Å². The van der Waals surface area contributed by atoms with Crippen LogP contribution >= 0.6 is 0 Å². The lowest BCUT2D eigenvalue weighted by molar-refractivity contribution is 0.140. The van der Waals surface area contributed by atoms with Crippen molar-refractivity contribution in [2.75, 3.05) is 6.54 Å². The van der Waals surface area contributed by atoms with Gasteiger partial charge in [0.2, 0.25) is 0 Å². The summed E-state index contributed by atoms with van der Waals surface area (Å²) >= 11 is 0. The standard InChI is InChI=1S/C23H23NO3/c25-22-9-5-4-8-21(22)16-19-12-10-18(11-13-19)14-15-24-23(26)27-17-20-6-2-1-3-7-20/h1-13,25H,14-17H2,(H,24,26). The van der Waals surface area contributed by atoms with Crippen molar-refractivity contribution in [3.05, 3.63) is 101 Å². The predicted octanol–water partition coefficient (Wildman–Crippen LogP) is 4.45. The predicted molar refractivity (Wildman–Crippen MR) is 106 cm³/mol. The molecule has 0 aliphatic heterocycles. The van der Waals surface area contributed by atoms with Crippen LogP contribution in [0.15, 0.2) is 78.9 Å². The molecule has 4 heteroatoms. The van der Waals surface area contributed by atoms with E-state index in [9.17, 15) is 9.90 Å².